The number of ether oxygens (including phenoxy) is 2. The third kappa shape index (κ3) is 6.16. The first kappa shape index (κ1) is 28.9. The van der Waals surface area contributed by atoms with Gasteiger partial charge in [0.25, 0.3) is 0 Å². The molecule has 224 valence electrons. The summed E-state index contributed by atoms with van der Waals surface area (Å²) in [6.45, 7) is 17.6. The Morgan fingerprint density at radius 3 is 2.70 bits per heavy atom. The number of rotatable bonds is 9. The smallest absolute Gasteiger partial charge is 0.318 e. The summed E-state index contributed by atoms with van der Waals surface area (Å²) in [6, 6.07) is 13.1. The fraction of sp³-hybridized carbons (Fsp3) is 0.471. The molecule has 6 rings (SSSR count). The molecular weight excluding hydrogens is 540 g/mol. The van der Waals surface area contributed by atoms with Gasteiger partial charge in [0.05, 0.1) is 24.9 Å². The second-order valence-corrected chi connectivity index (χ2v) is 11.7. The van der Waals surface area contributed by atoms with Gasteiger partial charge in [-0.25, -0.2) is 6.57 Å². The fourth-order valence-electron chi connectivity index (χ4n) is 6.81. The lowest BCUT2D eigenvalue weighted by Crippen LogP contribution is -2.56. The zero-order valence-corrected chi connectivity index (χ0v) is 25.0. The standard InChI is InChI=1S/C34H40N6O3/c1-4-31(41)40-18-17-39(22-26(40)21-35-3)33-28-15-16-38(30-14-8-11-25-10-7-9-24(2)32(25)30)23-29(28)36-34(37-33)43-20-19-42-27-12-5-6-13-27/h4,7-11,14,26-27H,1,5-6,12-13,15-23H2,2H3/t26-/m0/s1. The van der Waals surface area contributed by atoms with Gasteiger partial charge in [0.15, 0.2) is 0 Å². The van der Waals surface area contributed by atoms with Crippen LogP contribution in [0.25, 0.3) is 15.6 Å². The van der Waals surface area contributed by atoms with Gasteiger partial charge in [-0.3, -0.25) is 4.79 Å². The molecule has 0 radical (unpaired) electrons. The molecule has 3 aromatic rings. The van der Waals surface area contributed by atoms with Crippen molar-refractivity contribution >= 4 is 28.2 Å². The van der Waals surface area contributed by atoms with Crippen molar-refractivity contribution in [2.75, 3.05) is 55.7 Å². The van der Waals surface area contributed by atoms with Gasteiger partial charge >= 0.3 is 6.01 Å². The van der Waals surface area contributed by atoms with E-state index < -0.39 is 0 Å². The molecule has 1 aliphatic carbocycles. The molecule has 2 fully saturated rings. The number of anilines is 2. The lowest BCUT2D eigenvalue weighted by atomic mass is 9.99. The molecular formula is C34H40N6O3. The Balaban J connectivity index is 1.29. The van der Waals surface area contributed by atoms with Crippen LogP contribution >= 0.6 is 0 Å². The van der Waals surface area contributed by atoms with E-state index >= 15 is 0 Å². The van der Waals surface area contributed by atoms with E-state index in [-0.39, 0.29) is 18.5 Å². The molecule has 2 aromatic carbocycles. The van der Waals surface area contributed by atoms with Gasteiger partial charge in [-0.15, -0.1) is 0 Å². The van der Waals surface area contributed by atoms with Gasteiger partial charge < -0.3 is 29.0 Å². The Labute approximate surface area is 253 Å². The van der Waals surface area contributed by atoms with Crippen LogP contribution in [0.2, 0.25) is 0 Å². The van der Waals surface area contributed by atoms with E-state index in [1.807, 2.05) is 0 Å². The number of nitrogens with zero attached hydrogens (tertiary/aromatic N) is 6. The summed E-state index contributed by atoms with van der Waals surface area (Å²) in [5.41, 5.74) is 4.54. The van der Waals surface area contributed by atoms with Crippen LogP contribution in [-0.4, -0.2) is 78.9 Å². The maximum absolute atomic E-state index is 12.5. The first-order chi connectivity index (χ1) is 21.1. The average molecular weight is 581 g/mol. The molecule has 3 heterocycles. The Morgan fingerprint density at radius 1 is 1.09 bits per heavy atom. The van der Waals surface area contributed by atoms with Gasteiger partial charge in [0, 0.05) is 42.8 Å². The first-order valence-electron chi connectivity index (χ1n) is 15.4. The summed E-state index contributed by atoms with van der Waals surface area (Å²) in [5.74, 6) is 0.719. The molecule has 1 saturated carbocycles. The van der Waals surface area contributed by atoms with Crippen LogP contribution in [0.5, 0.6) is 6.01 Å². The minimum absolute atomic E-state index is 0.134. The Bertz CT molecular complexity index is 1520. The summed E-state index contributed by atoms with van der Waals surface area (Å²) >= 11 is 0. The highest BCUT2D eigenvalue weighted by Gasteiger charge is 2.35. The molecule has 9 nitrogen and oxygen atoms in total. The topological polar surface area (TPSA) is 75.4 Å². The van der Waals surface area contributed by atoms with Crippen LogP contribution < -0.4 is 14.5 Å². The van der Waals surface area contributed by atoms with Gasteiger partial charge in [0.2, 0.25) is 12.5 Å². The molecule has 0 unspecified atom stereocenters. The van der Waals surface area contributed by atoms with Gasteiger partial charge in [0.1, 0.15) is 18.5 Å². The number of hydrogen-bond acceptors (Lipinski definition) is 7. The molecule has 1 atom stereocenters. The average Bonchev–Trinajstić information content (AvgIpc) is 3.56. The highest BCUT2D eigenvalue weighted by Crippen LogP contribution is 2.36. The number of piperazine rings is 1. The summed E-state index contributed by atoms with van der Waals surface area (Å²) in [5, 5.41) is 2.50. The van der Waals surface area contributed by atoms with Crippen LogP contribution in [0.15, 0.2) is 49.1 Å². The quantitative estimate of drug-likeness (QED) is 0.201. The van der Waals surface area contributed by atoms with E-state index in [0.29, 0.717) is 51.5 Å². The lowest BCUT2D eigenvalue weighted by Gasteiger charge is -2.41. The Hall–Kier alpha value is -4.16. The van der Waals surface area contributed by atoms with E-state index in [9.17, 15) is 4.79 Å². The Kier molecular flexibility index (Phi) is 8.75. The van der Waals surface area contributed by atoms with E-state index in [2.05, 4.69) is 64.5 Å². The lowest BCUT2D eigenvalue weighted by molar-refractivity contribution is -0.128. The van der Waals surface area contributed by atoms with Crippen molar-refractivity contribution in [1.82, 2.24) is 14.9 Å². The molecule has 0 spiro atoms. The number of fused-ring (bicyclic) bond motifs is 2. The highest BCUT2D eigenvalue weighted by molar-refractivity contribution is 5.97. The minimum atomic E-state index is -0.231. The van der Waals surface area contributed by atoms with E-state index in [4.69, 9.17) is 26.0 Å². The number of amides is 1. The van der Waals surface area contributed by atoms with Crippen molar-refractivity contribution in [2.45, 2.75) is 57.7 Å². The molecule has 1 saturated heterocycles. The summed E-state index contributed by atoms with van der Waals surface area (Å²) in [4.78, 5) is 32.4. The SMILES string of the molecule is [C-]#[N+]C[C@H]1CN(c2nc(OCCOC3CCCC3)nc3c2CCN(c2cccc4cccc(C)c24)C3)CCN1C(=O)C=C. The summed E-state index contributed by atoms with van der Waals surface area (Å²) < 4.78 is 12.1. The second kappa shape index (κ2) is 13.0. The summed E-state index contributed by atoms with van der Waals surface area (Å²) in [6.07, 6.45) is 7.16. The monoisotopic (exact) mass is 580 g/mol. The van der Waals surface area contributed by atoms with Crippen LogP contribution in [0.1, 0.15) is 42.5 Å². The number of hydrogen-bond donors (Lipinski definition) is 0. The molecule has 9 heteroatoms. The van der Waals surface area contributed by atoms with Gasteiger partial charge in [-0.1, -0.05) is 49.8 Å². The van der Waals surface area contributed by atoms with Crippen molar-refractivity contribution in [3.63, 3.8) is 0 Å². The van der Waals surface area contributed by atoms with Crippen molar-refractivity contribution in [2.24, 2.45) is 0 Å². The van der Waals surface area contributed by atoms with Crippen LogP contribution in [0.3, 0.4) is 0 Å². The third-order valence-electron chi connectivity index (χ3n) is 8.97. The maximum Gasteiger partial charge on any atom is 0.318 e. The number of aryl methyl sites for hydroxylation is 1. The normalized spacial score (nSPS) is 18.9. The van der Waals surface area contributed by atoms with Crippen molar-refractivity contribution in [3.8, 4) is 6.01 Å². The largest absolute Gasteiger partial charge is 0.461 e. The van der Waals surface area contributed by atoms with E-state index in [1.165, 1.54) is 40.9 Å². The maximum atomic E-state index is 12.5. The number of carbonyl (C=O) groups excluding carboxylic acids is 1. The molecule has 1 aromatic heterocycles. The predicted octanol–water partition coefficient (Wildman–Crippen LogP) is 4.96. The third-order valence-corrected chi connectivity index (χ3v) is 8.97. The fourth-order valence-corrected chi connectivity index (χ4v) is 6.81. The zero-order valence-electron chi connectivity index (χ0n) is 25.0. The molecule has 43 heavy (non-hydrogen) atoms. The predicted molar refractivity (Wildman–Crippen MR) is 169 cm³/mol. The van der Waals surface area contributed by atoms with Gasteiger partial charge in [-0.05, 0) is 49.3 Å². The highest BCUT2D eigenvalue weighted by atomic mass is 16.5. The number of carbonyl (C=O) groups is 1. The molecule has 2 aliphatic heterocycles. The number of benzene rings is 2. The molecule has 1 amide bonds. The van der Waals surface area contributed by atoms with Crippen molar-refractivity contribution < 1.29 is 14.3 Å². The van der Waals surface area contributed by atoms with Crippen LogP contribution in [-0.2, 0) is 22.5 Å². The second-order valence-electron chi connectivity index (χ2n) is 11.7. The van der Waals surface area contributed by atoms with Crippen LogP contribution in [0.4, 0.5) is 11.5 Å². The van der Waals surface area contributed by atoms with Crippen molar-refractivity contribution in [3.05, 3.63) is 77.3 Å². The zero-order chi connectivity index (χ0) is 29.8. The van der Waals surface area contributed by atoms with Gasteiger partial charge in [-0.2, -0.15) is 9.97 Å². The summed E-state index contributed by atoms with van der Waals surface area (Å²) in [7, 11) is 0. The molecule has 0 bridgehead atoms. The Morgan fingerprint density at radius 2 is 1.91 bits per heavy atom. The van der Waals surface area contributed by atoms with E-state index in [1.54, 1.807) is 4.90 Å². The number of aromatic nitrogens is 2. The molecule has 3 aliphatic rings. The van der Waals surface area contributed by atoms with Crippen molar-refractivity contribution in [1.29, 1.82) is 0 Å². The molecule has 0 N–H and O–H groups in total. The van der Waals surface area contributed by atoms with E-state index in [0.717, 1.165) is 42.9 Å². The minimum Gasteiger partial charge on any atom is -0.461 e. The van der Waals surface area contributed by atoms with Crippen LogP contribution in [0, 0.1) is 13.5 Å². The first-order valence-corrected chi connectivity index (χ1v) is 15.4.